The van der Waals surface area contributed by atoms with Crippen LogP contribution in [-0.2, 0) is 12.8 Å². The van der Waals surface area contributed by atoms with Crippen molar-refractivity contribution >= 4 is 0 Å². The van der Waals surface area contributed by atoms with Gasteiger partial charge in [0.2, 0.25) is 0 Å². The molecule has 0 unspecified atom stereocenters. The Hall–Kier alpha value is -1.87. The molecule has 2 aromatic rings. The Labute approximate surface area is 117 Å². The van der Waals surface area contributed by atoms with E-state index in [4.69, 9.17) is 4.74 Å². The third-order valence-corrected chi connectivity index (χ3v) is 3.73. The van der Waals surface area contributed by atoms with E-state index in [-0.39, 0.29) is 5.56 Å². The molecule has 2 aromatic carbocycles. The first-order valence-electron chi connectivity index (χ1n) is 6.91. The minimum atomic E-state index is -0.902. The van der Waals surface area contributed by atoms with Crippen molar-refractivity contribution in [1.82, 2.24) is 0 Å². The summed E-state index contributed by atoms with van der Waals surface area (Å²) in [6.45, 7) is 1.54. The molecule has 1 N–H and O–H groups in total. The number of halogens is 1. The van der Waals surface area contributed by atoms with E-state index in [9.17, 15) is 9.50 Å². The molecule has 3 rings (SSSR count). The second-order valence-corrected chi connectivity index (χ2v) is 5.21. The number of fused-ring (bicyclic) bond motifs is 1. The number of aryl methyl sites for hydroxylation is 2. The molecule has 0 spiro atoms. The summed E-state index contributed by atoms with van der Waals surface area (Å²) in [6.07, 6.45) is 2.46. The first-order chi connectivity index (χ1) is 9.65. The van der Waals surface area contributed by atoms with E-state index in [0.717, 1.165) is 12.8 Å². The van der Waals surface area contributed by atoms with Crippen molar-refractivity contribution in [1.29, 1.82) is 0 Å². The van der Waals surface area contributed by atoms with Crippen LogP contribution in [0.2, 0.25) is 0 Å². The molecule has 0 radical (unpaired) electrons. The summed E-state index contributed by atoms with van der Waals surface area (Å²) in [4.78, 5) is 0. The number of aliphatic hydroxyl groups is 1. The molecule has 0 saturated carbocycles. The third kappa shape index (κ3) is 2.41. The molecule has 0 fully saturated rings. The topological polar surface area (TPSA) is 29.5 Å². The number of aliphatic hydroxyl groups excluding tert-OH is 1. The maximum atomic E-state index is 13.8. The van der Waals surface area contributed by atoms with Gasteiger partial charge in [-0.05, 0) is 61.6 Å². The molecule has 104 valence electrons. The molecule has 2 nitrogen and oxygen atoms in total. The van der Waals surface area contributed by atoms with Gasteiger partial charge in [0, 0.05) is 0 Å². The van der Waals surface area contributed by atoms with E-state index in [0.29, 0.717) is 11.5 Å². The molecular formula is C17H17FO2. The summed E-state index contributed by atoms with van der Waals surface area (Å²) in [5.74, 6) is 0.620. The van der Waals surface area contributed by atoms with Gasteiger partial charge in [-0.1, -0.05) is 12.1 Å². The molecule has 0 bridgehead atoms. The van der Waals surface area contributed by atoms with Gasteiger partial charge in [-0.25, -0.2) is 4.39 Å². The van der Waals surface area contributed by atoms with Crippen LogP contribution in [0, 0.1) is 5.82 Å². The molecule has 0 amide bonds. The number of benzene rings is 2. The summed E-state index contributed by atoms with van der Waals surface area (Å²) in [6, 6.07) is 10.6. The Morgan fingerprint density at radius 3 is 2.75 bits per heavy atom. The number of ether oxygens (including phenoxy) is 1. The van der Waals surface area contributed by atoms with Gasteiger partial charge in [-0.15, -0.1) is 0 Å². The maximum Gasteiger partial charge on any atom is 0.136 e. The lowest BCUT2D eigenvalue weighted by Gasteiger charge is -2.14. The highest BCUT2D eigenvalue weighted by atomic mass is 19.1. The SMILES string of the molecule is C[C@@H](O)c1c(F)cccc1Oc1ccc2c(c1)CCC2. The lowest BCUT2D eigenvalue weighted by molar-refractivity contribution is 0.190. The number of hydrogen-bond acceptors (Lipinski definition) is 2. The molecule has 1 atom stereocenters. The second kappa shape index (κ2) is 5.25. The smallest absolute Gasteiger partial charge is 0.136 e. The fourth-order valence-electron chi connectivity index (χ4n) is 2.75. The Bertz CT molecular complexity index is 635. The van der Waals surface area contributed by atoms with Crippen LogP contribution in [-0.4, -0.2) is 5.11 Å². The van der Waals surface area contributed by atoms with E-state index in [2.05, 4.69) is 6.07 Å². The van der Waals surface area contributed by atoms with E-state index in [1.165, 1.54) is 30.5 Å². The van der Waals surface area contributed by atoms with Gasteiger partial charge in [0.05, 0.1) is 11.7 Å². The van der Waals surface area contributed by atoms with Crippen LogP contribution in [0.15, 0.2) is 36.4 Å². The quantitative estimate of drug-likeness (QED) is 0.909. The van der Waals surface area contributed by atoms with Gasteiger partial charge in [-0.3, -0.25) is 0 Å². The van der Waals surface area contributed by atoms with Gasteiger partial charge in [0.1, 0.15) is 17.3 Å². The Morgan fingerprint density at radius 1 is 1.15 bits per heavy atom. The van der Waals surface area contributed by atoms with Gasteiger partial charge < -0.3 is 9.84 Å². The fraction of sp³-hybridized carbons (Fsp3) is 0.294. The summed E-state index contributed by atoms with van der Waals surface area (Å²) < 4.78 is 19.6. The fourth-order valence-corrected chi connectivity index (χ4v) is 2.75. The molecule has 0 saturated heterocycles. The van der Waals surface area contributed by atoms with Crippen molar-refractivity contribution in [3.63, 3.8) is 0 Å². The summed E-state index contributed by atoms with van der Waals surface area (Å²) in [5.41, 5.74) is 2.87. The highest BCUT2D eigenvalue weighted by Gasteiger charge is 2.16. The second-order valence-electron chi connectivity index (χ2n) is 5.21. The Morgan fingerprint density at radius 2 is 1.95 bits per heavy atom. The monoisotopic (exact) mass is 272 g/mol. The maximum absolute atomic E-state index is 13.8. The average molecular weight is 272 g/mol. The highest BCUT2D eigenvalue weighted by molar-refractivity contribution is 5.43. The Kier molecular flexibility index (Phi) is 3.45. The average Bonchev–Trinajstić information content (AvgIpc) is 2.85. The van der Waals surface area contributed by atoms with Crippen molar-refractivity contribution in [3.05, 3.63) is 58.9 Å². The van der Waals surface area contributed by atoms with Crippen LogP contribution >= 0.6 is 0 Å². The molecule has 0 heterocycles. The normalized spacial score (nSPS) is 14.9. The summed E-state index contributed by atoms with van der Waals surface area (Å²) >= 11 is 0. The Balaban J connectivity index is 1.93. The van der Waals surface area contributed by atoms with E-state index >= 15 is 0 Å². The number of hydrogen-bond donors (Lipinski definition) is 1. The zero-order valence-corrected chi connectivity index (χ0v) is 11.4. The minimum Gasteiger partial charge on any atom is -0.457 e. The van der Waals surface area contributed by atoms with Gasteiger partial charge in [0.25, 0.3) is 0 Å². The van der Waals surface area contributed by atoms with Crippen LogP contribution < -0.4 is 4.74 Å². The molecule has 3 heteroatoms. The summed E-state index contributed by atoms with van der Waals surface area (Å²) in [7, 11) is 0. The molecule has 0 aromatic heterocycles. The first-order valence-corrected chi connectivity index (χ1v) is 6.91. The molecule has 20 heavy (non-hydrogen) atoms. The van der Waals surface area contributed by atoms with E-state index in [1.807, 2.05) is 12.1 Å². The lowest BCUT2D eigenvalue weighted by atomic mass is 10.1. The molecule has 1 aliphatic carbocycles. The van der Waals surface area contributed by atoms with Gasteiger partial charge >= 0.3 is 0 Å². The van der Waals surface area contributed by atoms with Crippen LogP contribution in [0.1, 0.15) is 36.1 Å². The highest BCUT2D eigenvalue weighted by Crippen LogP contribution is 2.33. The van der Waals surface area contributed by atoms with Gasteiger partial charge in [0.15, 0.2) is 0 Å². The zero-order valence-electron chi connectivity index (χ0n) is 11.4. The standard InChI is InChI=1S/C17H17FO2/c1-11(19)17-15(18)6-3-7-16(17)20-14-9-8-12-4-2-5-13(12)10-14/h3,6-11,19H,2,4-5H2,1H3/t11-/m1/s1. The molecule has 1 aliphatic rings. The predicted molar refractivity (Wildman–Crippen MR) is 75.6 cm³/mol. The van der Waals surface area contributed by atoms with Crippen molar-refractivity contribution in [2.24, 2.45) is 0 Å². The van der Waals surface area contributed by atoms with Crippen LogP contribution in [0.5, 0.6) is 11.5 Å². The van der Waals surface area contributed by atoms with Crippen LogP contribution in [0.3, 0.4) is 0 Å². The molecular weight excluding hydrogens is 255 g/mol. The van der Waals surface area contributed by atoms with E-state index < -0.39 is 11.9 Å². The number of rotatable bonds is 3. The van der Waals surface area contributed by atoms with Crippen molar-refractivity contribution in [3.8, 4) is 11.5 Å². The van der Waals surface area contributed by atoms with Crippen LogP contribution in [0.4, 0.5) is 4.39 Å². The van der Waals surface area contributed by atoms with Crippen molar-refractivity contribution in [2.75, 3.05) is 0 Å². The summed E-state index contributed by atoms with van der Waals surface area (Å²) in [5, 5.41) is 9.70. The zero-order chi connectivity index (χ0) is 14.1. The van der Waals surface area contributed by atoms with Crippen molar-refractivity contribution < 1.29 is 14.2 Å². The predicted octanol–water partition coefficient (Wildman–Crippen LogP) is 4.16. The lowest BCUT2D eigenvalue weighted by Crippen LogP contribution is -2.00. The first kappa shape index (κ1) is 13.1. The minimum absolute atomic E-state index is 0.202. The largest absolute Gasteiger partial charge is 0.457 e. The molecule has 0 aliphatic heterocycles. The van der Waals surface area contributed by atoms with Crippen molar-refractivity contribution in [2.45, 2.75) is 32.3 Å². The van der Waals surface area contributed by atoms with Crippen LogP contribution in [0.25, 0.3) is 0 Å². The van der Waals surface area contributed by atoms with E-state index in [1.54, 1.807) is 12.1 Å². The third-order valence-electron chi connectivity index (χ3n) is 3.73. The van der Waals surface area contributed by atoms with Gasteiger partial charge in [-0.2, -0.15) is 0 Å².